The summed E-state index contributed by atoms with van der Waals surface area (Å²) in [7, 11) is 4.62. The number of carbonyl (C=O) groups is 1. The van der Waals surface area contributed by atoms with Crippen LogP contribution in [-0.4, -0.2) is 45.4 Å². The van der Waals surface area contributed by atoms with E-state index in [1.54, 1.807) is 37.6 Å². The number of nitrogens with one attached hydrogen (secondary N) is 2. The van der Waals surface area contributed by atoms with E-state index in [4.69, 9.17) is 25.8 Å². The third kappa shape index (κ3) is 4.98. The second-order valence-electron chi connectivity index (χ2n) is 4.99. The number of aromatic nitrogens is 1. The standard InChI is InChI=1S/C17H20ClN3O4/c1-23-7-6-19-11-4-5-13(20-10-11)17(22)21-14-9-15(24-2)12(18)8-16(14)25-3/h4-5,8-10,19H,6-7H2,1-3H3,(H,21,22). The maximum Gasteiger partial charge on any atom is 0.274 e. The number of anilines is 2. The molecule has 0 saturated heterocycles. The number of rotatable bonds is 8. The summed E-state index contributed by atoms with van der Waals surface area (Å²) in [6.45, 7) is 1.24. The molecule has 2 N–H and O–H groups in total. The Hall–Kier alpha value is -2.51. The molecule has 1 aromatic carbocycles. The second-order valence-corrected chi connectivity index (χ2v) is 5.40. The van der Waals surface area contributed by atoms with Gasteiger partial charge < -0.3 is 24.8 Å². The van der Waals surface area contributed by atoms with Gasteiger partial charge in [-0.1, -0.05) is 11.6 Å². The van der Waals surface area contributed by atoms with Crippen LogP contribution in [0.15, 0.2) is 30.5 Å². The predicted octanol–water partition coefficient (Wildman–Crippen LogP) is 3.06. The van der Waals surface area contributed by atoms with Gasteiger partial charge in [-0.2, -0.15) is 0 Å². The molecule has 2 aromatic rings. The second kappa shape index (κ2) is 9.10. The van der Waals surface area contributed by atoms with Crippen molar-refractivity contribution >= 4 is 28.9 Å². The van der Waals surface area contributed by atoms with Gasteiger partial charge in [0.25, 0.3) is 5.91 Å². The van der Waals surface area contributed by atoms with E-state index >= 15 is 0 Å². The van der Waals surface area contributed by atoms with Crippen molar-refractivity contribution in [2.45, 2.75) is 0 Å². The van der Waals surface area contributed by atoms with Gasteiger partial charge in [-0.05, 0) is 12.1 Å². The molecule has 0 fully saturated rings. The van der Waals surface area contributed by atoms with Gasteiger partial charge in [0.1, 0.15) is 17.2 Å². The number of halogens is 1. The maximum atomic E-state index is 12.4. The van der Waals surface area contributed by atoms with E-state index in [9.17, 15) is 4.79 Å². The summed E-state index contributed by atoms with van der Waals surface area (Å²) >= 11 is 6.06. The SMILES string of the molecule is COCCNc1ccc(C(=O)Nc2cc(OC)c(Cl)cc2OC)nc1. The highest BCUT2D eigenvalue weighted by Gasteiger charge is 2.14. The molecule has 0 radical (unpaired) electrons. The molecule has 1 amide bonds. The minimum absolute atomic E-state index is 0.272. The Bertz CT molecular complexity index is 723. The van der Waals surface area contributed by atoms with Crippen LogP contribution in [0.25, 0.3) is 0 Å². The molecule has 0 bridgehead atoms. The first-order valence-corrected chi connectivity index (χ1v) is 7.88. The molecule has 0 spiro atoms. The number of benzene rings is 1. The first-order chi connectivity index (χ1) is 12.1. The van der Waals surface area contributed by atoms with E-state index in [-0.39, 0.29) is 11.6 Å². The van der Waals surface area contributed by atoms with Crippen LogP contribution >= 0.6 is 11.6 Å². The monoisotopic (exact) mass is 365 g/mol. The van der Waals surface area contributed by atoms with Gasteiger partial charge in [0.15, 0.2) is 0 Å². The van der Waals surface area contributed by atoms with Gasteiger partial charge >= 0.3 is 0 Å². The molecule has 25 heavy (non-hydrogen) atoms. The maximum absolute atomic E-state index is 12.4. The molecule has 0 aliphatic rings. The molecular formula is C17H20ClN3O4. The fourth-order valence-electron chi connectivity index (χ4n) is 2.07. The molecule has 7 nitrogen and oxygen atoms in total. The molecule has 0 saturated carbocycles. The summed E-state index contributed by atoms with van der Waals surface area (Å²) in [4.78, 5) is 16.6. The molecule has 1 heterocycles. The third-order valence-electron chi connectivity index (χ3n) is 3.35. The van der Waals surface area contributed by atoms with Gasteiger partial charge in [-0.25, -0.2) is 4.98 Å². The number of methoxy groups -OCH3 is 3. The van der Waals surface area contributed by atoms with Gasteiger partial charge in [0, 0.05) is 25.8 Å². The smallest absolute Gasteiger partial charge is 0.274 e. The zero-order valence-corrected chi connectivity index (χ0v) is 15.0. The lowest BCUT2D eigenvalue weighted by Gasteiger charge is -2.13. The summed E-state index contributed by atoms with van der Waals surface area (Å²) in [5, 5.41) is 6.27. The summed E-state index contributed by atoms with van der Waals surface area (Å²) in [6.07, 6.45) is 1.59. The molecule has 1 aromatic heterocycles. The van der Waals surface area contributed by atoms with Crippen LogP contribution < -0.4 is 20.1 Å². The highest BCUT2D eigenvalue weighted by Crippen LogP contribution is 2.36. The largest absolute Gasteiger partial charge is 0.495 e. The summed E-state index contributed by atoms with van der Waals surface area (Å²) in [5.74, 6) is 0.492. The number of pyridine rings is 1. The number of nitrogens with zero attached hydrogens (tertiary/aromatic N) is 1. The lowest BCUT2D eigenvalue weighted by Crippen LogP contribution is -2.15. The van der Waals surface area contributed by atoms with E-state index in [1.807, 2.05) is 0 Å². The molecule has 0 atom stereocenters. The van der Waals surface area contributed by atoms with Gasteiger partial charge in [0.2, 0.25) is 0 Å². The van der Waals surface area contributed by atoms with Crippen LogP contribution in [0, 0.1) is 0 Å². The van der Waals surface area contributed by atoms with Crippen molar-refractivity contribution in [2.75, 3.05) is 45.1 Å². The minimum Gasteiger partial charge on any atom is -0.495 e. The summed E-state index contributed by atoms with van der Waals surface area (Å²) in [5.41, 5.74) is 1.52. The third-order valence-corrected chi connectivity index (χ3v) is 3.65. The molecule has 8 heteroatoms. The molecule has 0 unspecified atom stereocenters. The summed E-state index contributed by atoms with van der Waals surface area (Å²) in [6, 6.07) is 6.58. The van der Waals surface area contributed by atoms with Crippen LogP contribution in [-0.2, 0) is 4.74 Å². The van der Waals surface area contributed by atoms with Gasteiger partial charge in [0.05, 0.1) is 43.4 Å². The Morgan fingerprint density at radius 3 is 2.52 bits per heavy atom. The molecular weight excluding hydrogens is 346 g/mol. The van der Waals surface area contributed by atoms with Crippen molar-refractivity contribution in [3.8, 4) is 11.5 Å². The van der Waals surface area contributed by atoms with Crippen LogP contribution in [0.3, 0.4) is 0 Å². The van der Waals surface area contributed by atoms with E-state index in [1.165, 1.54) is 14.2 Å². The Kier molecular flexibility index (Phi) is 6.85. The molecule has 0 aliphatic heterocycles. The van der Waals surface area contributed by atoms with Crippen LogP contribution in [0.5, 0.6) is 11.5 Å². The molecule has 0 aliphatic carbocycles. The number of amides is 1. The Labute approximate surface area is 151 Å². The Balaban J connectivity index is 2.11. The van der Waals surface area contributed by atoms with Gasteiger partial charge in [-0.3, -0.25) is 4.79 Å². The van der Waals surface area contributed by atoms with Crippen molar-refractivity contribution in [1.82, 2.24) is 4.98 Å². The van der Waals surface area contributed by atoms with Crippen molar-refractivity contribution < 1.29 is 19.0 Å². The minimum atomic E-state index is -0.369. The van der Waals surface area contributed by atoms with Crippen LogP contribution in [0.1, 0.15) is 10.5 Å². The highest BCUT2D eigenvalue weighted by atomic mass is 35.5. The lowest BCUT2D eigenvalue weighted by atomic mass is 10.2. The van der Waals surface area contributed by atoms with Crippen molar-refractivity contribution in [1.29, 1.82) is 0 Å². The van der Waals surface area contributed by atoms with Crippen molar-refractivity contribution in [2.24, 2.45) is 0 Å². The average Bonchev–Trinajstić information content (AvgIpc) is 2.63. The average molecular weight is 366 g/mol. The quantitative estimate of drug-likeness (QED) is 0.700. The fourth-order valence-corrected chi connectivity index (χ4v) is 2.31. The van der Waals surface area contributed by atoms with E-state index < -0.39 is 0 Å². The zero-order valence-electron chi connectivity index (χ0n) is 14.3. The number of hydrogen-bond donors (Lipinski definition) is 2. The number of hydrogen-bond acceptors (Lipinski definition) is 6. The first-order valence-electron chi connectivity index (χ1n) is 7.50. The molecule has 2 rings (SSSR count). The first kappa shape index (κ1) is 18.8. The van der Waals surface area contributed by atoms with Crippen LogP contribution in [0.2, 0.25) is 5.02 Å². The topological polar surface area (TPSA) is 81.7 Å². The number of carbonyl (C=O) groups excluding carboxylic acids is 1. The van der Waals surface area contributed by atoms with E-state index in [0.29, 0.717) is 35.4 Å². The predicted molar refractivity (Wildman–Crippen MR) is 97.1 cm³/mol. The van der Waals surface area contributed by atoms with Crippen molar-refractivity contribution in [3.63, 3.8) is 0 Å². The number of ether oxygens (including phenoxy) is 3. The van der Waals surface area contributed by atoms with Crippen LogP contribution in [0.4, 0.5) is 11.4 Å². The van der Waals surface area contributed by atoms with E-state index in [2.05, 4.69) is 15.6 Å². The van der Waals surface area contributed by atoms with E-state index in [0.717, 1.165) is 5.69 Å². The fraction of sp³-hybridized carbons (Fsp3) is 0.294. The van der Waals surface area contributed by atoms with Gasteiger partial charge in [-0.15, -0.1) is 0 Å². The molecule has 134 valence electrons. The lowest BCUT2D eigenvalue weighted by molar-refractivity contribution is 0.102. The normalized spacial score (nSPS) is 10.2. The Morgan fingerprint density at radius 2 is 1.92 bits per heavy atom. The zero-order chi connectivity index (χ0) is 18.2. The Morgan fingerprint density at radius 1 is 1.16 bits per heavy atom. The highest BCUT2D eigenvalue weighted by molar-refractivity contribution is 6.32. The van der Waals surface area contributed by atoms with Crippen molar-refractivity contribution in [3.05, 3.63) is 41.2 Å². The summed E-state index contributed by atoms with van der Waals surface area (Å²) < 4.78 is 15.4.